The zero-order chi connectivity index (χ0) is 30.4. The van der Waals surface area contributed by atoms with Gasteiger partial charge in [-0.25, -0.2) is 0 Å². The number of hydrogen-bond acceptors (Lipinski definition) is 9. The van der Waals surface area contributed by atoms with Crippen LogP contribution in [0.4, 0.5) is 0 Å². The van der Waals surface area contributed by atoms with Crippen molar-refractivity contribution in [1.82, 2.24) is 14.7 Å². The molecule has 1 aromatic rings. The number of aliphatic hydroxyl groups is 2. The fraction of sp³-hybridized carbons (Fsp3) is 0.733. The van der Waals surface area contributed by atoms with Crippen LogP contribution in [-0.4, -0.2) is 135 Å². The van der Waals surface area contributed by atoms with Gasteiger partial charge in [-0.1, -0.05) is 13.8 Å². The van der Waals surface area contributed by atoms with E-state index in [1.54, 1.807) is 12.0 Å². The molecule has 2 amide bonds. The molecule has 0 aliphatic carbocycles. The number of hydrogen-bond donors (Lipinski definition) is 2. The molecule has 1 aliphatic heterocycles. The van der Waals surface area contributed by atoms with E-state index in [0.29, 0.717) is 52.1 Å². The van der Waals surface area contributed by atoms with Gasteiger partial charge in [-0.3, -0.25) is 14.5 Å². The van der Waals surface area contributed by atoms with Gasteiger partial charge in [0, 0.05) is 52.9 Å². The van der Waals surface area contributed by atoms with Crippen LogP contribution in [0.5, 0.6) is 11.5 Å². The summed E-state index contributed by atoms with van der Waals surface area (Å²) in [5.41, 5.74) is 0. The van der Waals surface area contributed by atoms with Crippen LogP contribution in [0.25, 0.3) is 0 Å². The van der Waals surface area contributed by atoms with Crippen LogP contribution in [0.2, 0.25) is 0 Å². The number of ether oxygens (including phenoxy) is 4. The van der Waals surface area contributed by atoms with Gasteiger partial charge in [0.05, 0.1) is 20.3 Å². The predicted octanol–water partition coefficient (Wildman–Crippen LogP) is 1.64. The number of aliphatic hydroxyl groups excluding tert-OH is 2. The Morgan fingerprint density at radius 2 is 1.78 bits per heavy atom. The summed E-state index contributed by atoms with van der Waals surface area (Å²) in [4.78, 5) is 31.9. The topological polar surface area (TPSA) is 121 Å². The third kappa shape index (κ3) is 12.1. The summed E-state index contributed by atoms with van der Waals surface area (Å²) in [7, 11) is 4.95. The molecule has 234 valence electrons. The number of likely N-dealkylation sites (N-methyl/N-ethyl adjacent to an activating group) is 1. The molecule has 2 rings (SSSR count). The summed E-state index contributed by atoms with van der Waals surface area (Å²) in [5, 5.41) is 21.1. The number of nitrogens with zero attached hydrogens (tertiary/aromatic N) is 3. The highest BCUT2D eigenvalue weighted by molar-refractivity contribution is 5.79. The standard InChI is InChI=1S/C30H51N3O8/c1-22(2)17-24-18-32(23(3)34)19-28(39-6)30(37)27(35)21-40-15-8-7-13-33(24)29(36)20-31(4)14-16-41-26-11-9-25(38-5)10-12-26/h9-12,22,24,27-28,30,35,37H,7-8,13-21H2,1-6H3/t24-,27-,28-,30-/m1/s1. The monoisotopic (exact) mass is 581 g/mol. The molecule has 1 aromatic carbocycles. The zero-order valence-corrected chi connectivity index (χ0v) is 25.7. The van der Waals surface area contributed by atoms with Crippen LogP contribution >= 0.6 is 0 Å². The minimum absolute atomic E-state index is 0.0159. The van der Waals surface area contributed by atoms with Crippen molar-refractivity contribution < 1.29 is 38.7 Å². The maximum absolute atomic E-state index is 13.7. The van der Waals surface area contributed by atoms with Crippen molar-refractivity contribution in [1.29, 1.82) is 0 Å². The molecule has 1 aliphatic rings. The Hall–Kier alpha value is -2.44. The van der Waals surface area contributed by atoms with Crippen molar-refractivity contribution in [3.63, 3.8) is 0 Å². The van der Waals surface area contributed by atoms with Gasteiger partial charge >= 0.3 is 0 Å². The molecule has 11 heteroatoms. The Bertz CT molecular complexity index is 900. The van der Waals surface area contributed by atoms with Gasteiger partial charge in [0.2, 0.25) is 11.8 Å². The third-order valence-electron chi connectivity index (χ3n) is 7.29. The highest BCUT2D eigenvalue weighted by atomic mass is 16.5. The second kappa shape index (κ2) is 18.2. The summed E-state index contributed by atoms with van der Waals surface area (Å²) >= 11 is 0. The van der Waals surface area contributed by atoms with Crippen LogP contribution in [0.3, 0.4) is 0 Å². The molecular weight excluding hydrogens is 530 g/mol. The first-order valence-corrected chi connectivity index (χ1v) is 14.5. The Balaban J connectivity index is 2.15. The van der Waals surface area contributed by atoms with Crippen molar-refractivity contribution in [3.05, 3.63) is 24.3 Å². The van der Waals surface area contributed by atoms with Crippen molar-refractivity contribution in [2.45, 2.75) is 64.4 Å². The van der Waals surface area contributed by atoms with Crippen molar-refractivity contribution in [3.8, 4) is 11.5 Å². The highest BCUT2D eigenvalue weighted by Gasteiger charge is 2.33. The molecule has 1 heterocycles. The lowest BCUT2D eigenvalue weighted by Gasteiger charge is -2.39. The first kappa shape index (κ1) is 34.8. The molecule has 0 unspecified atom stereocenters. The smallest absolute Gasteiger partial charge is 0.237 e. The lowest BCUT2D eigenvalue weighted by Crippen LogP contribution is -2.54. The van der Waals surface area contributed by atoms with Gasteiger partial charge < -0.3 is 39.0 Å². The molecule has 0 spiro atoms. The third-order valence-corrected chi connectivity index (χ3v) is 7.29. The normalized spacial score (nSPS) is 23.4. The van der Waals surface area contributed by atoms with E-state index in [4.69, 9.17) is 18.9 Å². The van der Waals surface area contributed by atoms with Gasteiger partial charge in [0.25, 0.3) is 0 Å². The highest BCUT2D eigenvalue weighted by Crippen LogP contribution is 2.19. The van der Waals surface area contributed by atoms with E-state index >= 15 is 0 Å². The van der Waals surface area contributed by atoms with E-state index in [0.717, 1.165) is 11.5 Å². The first-order valence-electron chi connectivity index (χ1n) is 14.5. The summed E-state index contributed by atoms with van der Waals surface area (Å²) in [6.07, 6.45) is -1.05. The number of benzene rings is 1. The number of carbonyl (C=O) groups is 2. The lowest BCUT2D eigenvalue weighted by molar-refractivity contribution is -0.142. The van der Waals surface area contributed by atoms with Gasteiger partial charge in [-0.05, 0) is 56.5 Å². The fourth-order valence-corrected chi connectivity index (χ4v) is 4.91. The van der Waals surface area contributed by atoms with E-state index in [2.05, 4.69) is 13.8 Å². The summed E-state index contributed by atoms with van der Waals surface area (Å²) in [5.74, 6) is 1.57. The molecule has 0 bridgehead atoms. The van der Waals surface area contributed by atoms with Gasteiger partial charge in [-0.2, -0.15) is 0 Å². The summed E-state index contributed by atoms with van der Waals surface area (Å²) < 4.78 is 22.1. The van der Waals surface area contributed by atoms with Crippen LogP contribution in [0.15, 0.2) is 24.3 Å². The number of amides is 2. The molecule has 0 radical (unpaired) electrons. The molecule has 1 fully saturated rings. The van der Waals surface area contributed by atoms with E-state index in [-0.39, 0.29) is 43.5 Å². The van der Waals surface area contributed by atoms with Crippen molar-refractivity contribution >= 4 is 11.8 Å². The van der Waals surface area contributed by atoms with E-state index < -0.39 is 18.3 Å². The molecule has 1 saturated heterocycles. The zero-order valence-electron chi connectivity index (χ0n) is 25.7. The predicted molar refractivity (Wildman–Crippen MR) is 156 cm³/mol. The summed E-state index contributed by atoms with van der Waals surface area (Å²) in [6, 6.07) is 7.15. The van der Waals surface area contributed by atoms with Crippen LogP contribution in [0, 0.1) is 5.92 Å². The van der Waals surface area contributed by atoms with Gasteiger partial charge in [0.1, 0.15) is 36.4 Å². The number of rotatable bonds is 10. The van der Waals surface area contributed by atoms with E-state index in [9.17, 15) is 19.8 Å². The number of methoxy groups -OCH3 is 2. The molecule has 11 nitrogen and oxygen atoms in total. The van der Waals surface area contributed by atoms with E-state index in [1.807, 2.05) is 41.1 Å². The number of carbonyl (C=O) groups excluding carboxylic acids is 2. The van der Waals surface area contributed by atoms with Crippen molar-refractivity contribution in [2.24, 2.45) is 5.92 Å². The fourth-order valence-electron chi connectivity index (χ4n) is 4.91. The molecular formula is C30H51N3O8. The maximum atomic E-state index is 13.7. The van der Waals surface area contributed by atoms with Gasteiger partial charge in [-0.15, -0.1) is 0 Å². The average Bonchev–Trinajstić information content (AvgIpc) is 2.93. The summed E-state index contributed by atoms with van der Waals surface area (Å²) in [6.45, 7) is 8.15. The molecule has 0 aromatic heterocycles. The van der Waals surface area contributed by atoms with Crippen LogP contribution in [0.1, 0.15) is 40.0 Å². The Labute approximate surface area is 245 Å². The van der Waals surface area contributed by atoms with E-state index in [1.165, 1.54) is 14.0 Å². The Kier molecular flexibility index (Phi) is 15.4. The maximum Gasteiger partial charge on any atom is 0.237 e. The quantitative estimate of drug-likeness (QED) is 0.425. The van der Waals surface area contributed by atoms with Gasteiger partial charge in [0.15, 0.2) is 0 Å². The Morgan fingerprint density at radius 3 is 2.39 bits per heavy atom. The molecule has 2 N–H and O–H groups in total. The SMILES string of the molecule is COc1ccc(OCCN(C)CC(=O)N2CCCCOC[C@@H](O)[C@@H](O)[C@H](OC)CN(C(C)=O)C[C@H]2CC(C)C)cc1. The Morgan fingerprint density at radius 1 is 1.10 bits per heavy atom. The van der Waals surface area contributed by atoms with Crippen LogP contribution < -0.4 is 9.47 Å². The first-order chi connectivity index (χ1) is 19.5. The molecule has 4 atom stereocenters. The molecule has 0 saturated carbocycles. The lowest BCUT2D eigenvalue weighted by atomic mass is 10.00. The second-order valence-corrected chi connectivity index (χ2v) is 11.2. The second-order valence-electron chi connectivity index (χ2n) is 11.2. The largest absolute Gasteiger partial charge is 0.497 e. The van der Waals surface area contributed by atoms with Crippen LogP contribution in [-0.2, 0) is 19.1 Å². The van der Waals surface area contributed by atoms with Crippen molar-refractivity contribution in [2.75, 3.05) is 73.8 Å². The molecule has 41 heavy (non-hydrogen) atoms. The minimum atomic E-state index is -1.22. The minimum Gasteiger partial charge on any atom is -0.497 e. The average molecular weight is 582 g/mol.